The Morgan fingerprint density at radius 2 is 1.78 bits per heavy atom. The van der Waals surface area contributed by atoms with E-state index < -0.39 is 17.6 Å². The van der Waals surface area contributed by atoms with Gasteiger partial charge < -0.3 is 29.7 Å². The summed E-state index contributed by atoms with van der Waals surface area (Å²) in [7, 11) is 0. The Kier molecular flexibility index (Phi) is 7.31. The second-order valence-electron chi connectivity index (χ2n) is 16.7. The number of hydrogen-bond donors (Lipinski definition) is 2. The Morgan fingerprint density at radius 1 is 1.06 bits per heavy atom. The molecule has 6 aliphatic rings. The van der Waals surface area contributed by atoms with Gasteiger partial charge >= 0.3 is 6.01 Å². The minimum absolute atomic E-state index is 0.0488. The van der Waals surface area contributed by atoms with Gasteiger partial charge in [0.1, 0.15) is 17.5 Å². The summed E-state index contributed by atoms with van der Waals surface area (Å²) in [6.07, 6.45) is 11.9. The van der Waals surface area contributed by atoms with Gasteiger partial charge in [0.2, 0.25) is 0 Å². The molecule has 3 aromatic rings. The van der Waals surface area contributed by atoms with E-state index in [2.05, 4.69) is 34.9 Å². The van der Waals surface area contributed by atoms with Crippen LogP contribution in [0.15, 0.2) is 24.0 Å². The second-order valence-corrected chi connectivity index (χ2v) is 16.7. The maximum Gasteiger partial charge on any atom is 0.318 e. The lowest BCUT2D eigenvalue weighted by Gasteiger charge is -2.34. The van der Waals surface area contributed by atoms with E-state index in [0.29, 0.717) is 57.7 Å². The van der Waals surface area contributed by atoms with Crippen LogP contribution in [0.3, 0.4) is 0 Å². The van der Waals surface area contributed by atoms with E-state index in [1.54, 1.807) is 12.1 Å². The van der Waals surface area contributed by atoms with Crippen LogP contribution in [0.4, 0.5) is 14.6 Å². The molecular weight excluding hydrogens is 636 g/mol. The highest BCUT2D eigenvalue weighted by Gasteiger charge is 2.58. The first-order valence-corrected chi connectivity index (χ1v) is 18.1. The molecule has 2 aromatic carbocycles. The third kappa shape index (κ3) is 5.10. The average molecular weight is 682 g/mol. The number of benzene rings is 2. The van der Waals surface area contributed by atoms with Gasteiger partial charge in [-0.2, -0.15) is 9.97 Å². The van der Waals surface area contributed by atoms with Crippen molar-refractivity contribution in [3.05, 3.63) is 63.4 Å². The number of terminal acetylenes is 1. The van der Waals surface area contributed by atoms with Crippen LogP contribution in [0, 0.1) is 47.1 Å². The van der Waals surface area contributed by atoms with Crippen molar-refractivity contribution < 1.29 is 23.4 Å². The summed E-state index contributed by atoms with van der Waals surface area (Å²) in [4.78, 5) is 14.8. The van der Waals surface area contributed by atoms with Gasteiger partial charge in [-0.1, -0.05) is 25.8 Å². The van der Waals surface area contributed by atoms with Gasteiger partial charge in [0.05, 0.1) is 36.7 Å². The number of aliphatic hydroxyl groups is 1. The van der Waals surface area contributed by atoms with Crippen molar-refractivity contribution in [3.8, 4) is 18.4 Å². The van der Waals surface area contributed by atoms with Crippen molar-refractivity contribution in [2.24, 2.45) is 16.2 Å². The Balaban J connectivity index is 1.09. The minimum atomic E-state index is -0.692. The fourth-order valence-corrected chi connectivity index (χ4v) is 9.82. The first-order chi connectivity index (χ1) is 24.0. The number of halogens is 2. The van der Waals surface area contributed by atoms with Crippen LogP contribution in [0.5, 0.6) is 6.01 Å². The predicted molar refractivity (Wildman–Crippen MR) is 188 cm³/mol. The molecule has 2 bridgehead atoms. The van der Waals surface area contributed by atoms with Crippen LogP contribution in [0.25, 0.3) is 17.0 Å². The predicted octanol–water partition coefficient (Wildman–Crippen LogP) is 6.09. The zero-order valence-corrected chi connectivity index (χ0v) is 29.1. The van der Waals surface area contributed by atoms with Crippen molar-refractivity contribution in [2.45, 2.75) is 70.9 Å². The van der Waals surface area contributed by atoms with Crippen molar-refractivity contribution in [3.63, 3.8) is 0 Å². The maximum absolute atomic E-state index is 16.6. The zero-order valence-electron chi connectivity index (χ0n) is 29.1. The van der Waals surface area contributed by atoms with E-state index in [-0.39, 0.29) is 40.0 Å². The first-order valence-electron chi connectivity index (χ1n) is 18.1. The fraction of sp³-hybridized carbons (Fsp3) is 0.550. The molecule has 5 atom stereocenters. The molecule has 10 heteroatoms. The van der Waals surface area contributed by atoms with E-state index in [4.69, 9.17) is 25.9 Å². The van der Waals surface area contributed by atoms with Crippen LogP contribution >= 0.6 is 0 Å². The number of anilines is 1. The van der Waals surface area contributed by atoms with E-state index in [9.17, 15) is 5.11 Å². The zero-order chi connectivity index (χ0) is 34.6. The third-order valence-corrected chi connectivity index (χ3v) is 13.0. The van der Waals surface area contributed by atoms with Crippen LogP contribution in [0.2, 0.25) is 0 Å². The lowest BCUT2D eigenvalue weighted by atomic mass is 9.71. The summed E-state index contributed by atoms with van der Waals surface area (Å²) in [5.74, 6) is 1.57. The van der Waals surface area contributed by atoms with E-state index in [1.807, 2.05) is 6.92 Å². The molecule has 4 saturated heterocycles. The quantitative estimate of drug-likeness (QED) is 0.290. The molecule has 2 N–H and O–H groups in total. The number of nitrogens with zero attached hydrogens (tertiary/aromatic N) is 4. The lowest BCUT2D eigenvalue weighted by molar-refractivity contribution is 0.112. The molecular formula is C40H45F2N5O3. The Hall–Kier alpha value is -3.78. The third-order valence-electron chi connectivity index (χ3n) is 13.0. The number of likely N-dealkylation sites (tertiary alicyclic amines) is 1. The summed E-state index contributed by atoms with van der Waals surface area (Å²) in [5, 5.41) is 15.1. The molecule has 262 valence electrons. The molecule has 5 fully saturated rings. The number of ether oxygens (including phenoxy) is 2. The molecule has 9 rings (SSSR count). The molecule has 4 aliphatic heterocycles. The highest BCUT2D eigenvalue weighted by atomic mass is 19.1. The molecule has 1 saturated carbocycles. The largest absolute Gasteiger partial charge is 0.512 e. The number of fused-ring (bicyclic) bond motifs is 5. The molecule has 5 heterocycles. The first kappa shape index (κ1) is 32.1. The van der Waals surface area contributed by atoms with Crippen molar-refractivity contribution in [2.75, 3.05) is 57.4 Å². The van der Waals surface area contributed by atoms with E-state index in [0.717, 1.165) is 71.6 Å². The molecule has 8 nitrogen and oxygen atoms in total. The molecule has 2 aliphatic carbocycles. The monoisotopic (exact) mass is 681 g/mol. The van der Waals surface area contributed by atoms with Gasteiger partial charge in [0.25, 0.3) is 0 Å². The number of rotatable bonds is 7. The number of piperazine rings is 1. The standard InChI is InChI=1S/C40H45F2N5O3/c1-5-28-31(41)9-6-24-12-27(48)13-29(34(24)28)33-23(2)35-30(14-32(33)42)36(47-15-25-7-8-26(16-47)43-25)45-37(44-35)50-22-40(10-11-40)19-46-17-38(3)20-49-21-39(38,4)18-46/h1,6,9,12,14,25-26,29,43,48H,7-8,10-11,13,15-22H2,2-4H3/t25?,26?,29?,38-,39+. The van der Waals surface area contributed by atoms with Gasteiger partial charge in [0, 0.05) is 84.3 Å². The van der Waals surface area contributed by atoms with Crippen molar-refractivity contribution >= 4 is 22.8 Å². The van der Waals surface area contributed by atoms with E-state index in [1.165, 1.54) is 12.1 Å². The topological polar surface area (TPSA) is 83.0 Å². The summed E-state index contributed by atoms with van der Waals surface area (Å²) >= 11 is 0. The number of hydrogen-bond acceptors (Lipinski definition) is 8. The normalized spacial score (nSPS) is 31.0. The summed E-state index contributed by atoms with van der Waals surface area (Å²) < 4.78 is 44.1. The summed E-state index contributed by atoms with van der Waals surface area (Å²) in [6, 6.07) is 5.39. The number of aliphatic hydroxyl groups excluding tert-OH is 1. The molecule has 0 amide bonds. The SMILES string of the molecule is C#Cc1c(F)ccc2c1C(c1c(F)cc3c(N4CC5CCC(C4)N5)nc(OCC4(CN5C[C@]6(C)COC[C@]6(C)C5)CC4)nc3c1C)CC(O)=C2. The van der Waals surface area contributed by atoms with Crippen molar-refractivity contribution in [1.29, 1.82) is 0 Å². The van der Waals surface area contributed by atoms with Crippen LogP contribution in [-0.2, 0) is 4.74 Å². The van der Waals surface area contributed by atoms with Crippen LogP contribution < -0.4 is 15.0 Å². The highest BCUT2D eigenvalue weighted by molar-refractivity contribution is 5.93. The van der Waals surface area contributed by atoms with Gasteiger partial charge in [-0.25, -0.2) is 8.78 Å². The van der Waals surface area contributed by atoms with Crippen LogP contribution in [-0.4, -0.2) is 84.6 Å². The fourth-order valence-electron chi connectivity index (χ4n) is 9.82. The summed E-state index contributed by atoms with van der Waals surface area (Å²) in [5.41, 5.74) is 3.13. The Labute approximate surface area is 292 Å². The smallest absolute Gasteiger partial charge is 0.318 e. The average Bonchev–Trinajstić information content (AvgIpc) is 3.58. The molecule has 1 aromatic heterocycles. The van der Waals surface area contributed by atoms with Gasteiger partial charge in [0.15, 0.2) is 0 Å². The molecule has 3 unspecified atom stereocenters. The maximum atomic E-state index is 16.6. The van der Waals surface area contributed by atoms with Crippen LogP contribution in [0.1, 0.15) is 79.7 Å². The lowest BCUT2D eigenvalue weighted by Crippen LogP contribution is -2.51. The second kappa shape index (κ2) is 11.4. The Bertz CT molecular complexity index is 1960. The van der Waals surface area contributed by atoms with E-state index >= 15 is 8.78 Å². The van der Waals surface area contributed by atoms with Gasteiger partial charge in [-0.05, 0) is 67.5 Å². The van der Waals surface area contributed by atoms with Gasteiger partial charge in [-0.15, -0.1) is 6.42 Å². The van der Waals surface area contributed by atoms with Gasteiger partial charge in [-0.3, -0.25) is 0 Å². The number of aromatic nitrogens is 2. The van der Waals surface area contributed by atoms with Crippen molar-refractivity contribution in [1.82, 2.24) is 20.2 Å². The molecule has 0 spiro atoms. The molecule has 50 heavy (non-hydrogen) atoms. The molecule has 0 radical (unpaired) electrons. The number of nitrogens with one attached hydrogen (secondary N) is 1. The Morgan fingerprint density at radius 3 is 2.46 bits per heavy atom. The number of aryl methyl sites for hydroxylation is 1. The summed E-state index contributed by atoms with van der Waals surface area (Å²) in [6.45, 7) is 13.3. The highest BCUT2D eigenvalue weighted by Crippen LogP contribution is 2.54. The number of allylic oxidation sites excluding steroid dienone is 1. The minimum Gasteiger partial charge on any atom is -0.512 e.